The molecule has 2 N–H and O–H groups in total. The third-order valence-electron chi connectivity index (χ3n) is 2.28. The Hall–Kier alpha value is -1.14. The van der Waals surface area contributed by atoms with Crippen molar-refractivity contribution in [1.29, 1.82) is 0 Å². The van der Waals surface area contributed by atoms with E-state index in [-0.39, 0.29) is 10.0 Å². The van der Waals surface area contributed by atoms with Gasteiger partial charge in [0.25, 0.3) is 0 Å². The Morgan fingerprint density at radius 3 is 2.78 bits per heavy atom. The van der Waals surface area contributed by atoms with Crippen LogP contribution in [0.2, 0.25) is 0 Å². The monoisotopic (exact) mass is 319 g/mol. The molecule has 0 amide bonds. The van der Waals surface area contributed by atoms with E-state index in [9.17, 15) is 9.18 Å². The molecule has 100 valence electrons. The molecule has 0 aliphatic carbocycles. The highest BCUT2D eigenvalue weighted by Gasteiger charge is 2.16. The van der Waals surface area contributed by atoms with Crippen molar-refractivity contribution in [3.63, 3.8) is 0 Å². The van der Waals surface area contributed by atoms with Gasteiger partial charge >= 0.3 is 5.97 Å². The number of benzene rings is 1. The van der Waals surface area contributed by atoms with Gasteiger partial charge < -0.3 is 15.2 Å². The van der Waals surface area contributed by atoms with E-state index in [2.05, 4.69) is 20.7 Å². The van der Waals surface area contributed by atoms with E-state index in [0.29, 0.717) is 18.9 Å². The molecule has 0 spiro atoms. The molecular weight excluding hydrogens is 305 g/mol. The first-order valence-electron chi connectivity index (χ1n) is 5.50. The number of rotatable bonds is 6. The van der Waals surface area contributed by atoms with Crippen molar-refractivity contribution in [1.82, 2.24) is 0 Å². The average Bonchev–Trinajstić information content (AvgIpc) is 2.37. The largest absolute Gasteiger partial charge is 0.493 e. The van der Waals surface area contributed by atoms with Crippen LogP contribution in [0.25, 0.3) is 0 Å². The van der Waals surface area contributed by atoms with Crippen molar-refractivity contribution in [3.8, 4) is 5.75 Å². The lowest BCUT2D eigenvalue weighted by Crippen LogP contribution is -2.08. The second kappa shape index (κ2) is 7.33. The Bertz CT molecular complexity index is 426. The van der Waals surface area contributed by atoms with Gasteiger partial charge in [-0.15, -0.1) is 0 Å². The molecule has 4 nitrogen and oxygen atoms in total. The molecule has 0 aliphatic heterocycles. The predicted molar refractivity (Wildman–Crippen MR) is 69.2 cm³/mol. The molecule has 18 heavy (non-hydrogen) atoms. The Balaban J connectivity index is 2.86. The molecule has 0 unspecified atom stereocenters. The quantitative estimate of drug-likeness (QED) is 0.646. The van der Waals surface area contributed by atoms with Crippen LogP contribution in [0.3, 0.4) is 0 Å². The number of hydrogen-bond acceptors (Lipinski definition) is 4. The van der Waals surface area contributed by atoms with Crippen molar-refractivity contribution in [2.45, 2.75) is 12.8 Å². The molecule has 1 aromatic rings. The summed E-state index contributed by atoms with van der Waals surface area (Å²) in [4.78, 5) is 11.5. The minimum absolute atomic E-state index is 0.0750. The third kappa shape index (κ3) is 3.96. The van der Waals surface area contributed by atoms with Gasteiger partial charge in [0, 0.05) is 0 Å². The lowest BCUT2D eigenvalue weighted by molar-refractivity contribution is 0.0595. The fourth-order valence-corrected chi connectivity index (χ4v) is 1.67. The van der Waals surface area contributed by atoms with Gasteiger partial charge in [0.2, 0.25) is 0 Å². The average molecular weight is 320 g/mol. The van der Waals surface area contributed by atoms with Crippen LogP contribution >= 0.6 is 15.9 Å². The summed E-state index contributed by atoms with van der Waals surface area (Å²) in [5, 5.41) is 0. The topological polar surface area (TPSA) is 61.5 Å². The molecule has 1 aromatic carbocycles. The summed E-state index contributed by atoms with van der Waals surface area (Å²) in [5.74, 6) is -0.868. The first-order chi connectivity index (χ1) is 8.60. The number of ether oxygens (including phenoxy) is 2. The summed E-state index contributed by atoms with van der Waals surface area (Å²) in [7, 11) is 1.24. The van der Waals surface area contributed by atoms with Crippen LogP contribution in [0.5, 0.6) is 5.75 Å². The van der Waals surface area contributed by atoms with Gasteiger partial charge in [0.1, 0.15) is 17.1 Å². The second-order valence-corrected chi connectivity index (χ2v) is 4.45. The van der Waals surface area contributed by atoms with Crippen molar-refractivity contribution in [2.75, 3.05) is 20.3 Å². The fraction of sp³-hybridized carbons (Fsp3) is 0.417. The summed E-state index contributed by atoms with van der Waals surface area (Å²) in [6.07, 6.45) is 1.60. The first kappa shape index (κ1) is 14.9. The van der Waals surface area contributed by atoms with Crippen molar-refractivity contribution < 1.29 is 18.7 Å². The van der Waals surface area contributed by atoms with E-state index >= 15 is 0 Å². The molecule has 1 rings (SSSR count). The summed E-state index contributed by atoms with van der Waals surface area (Å²) in [6.45, 7) is 1.000. The van der Waals surface area contributed by atoms with Crippen LogP contribution in [-0.2, 0) is 4.74 Å². The Kier molecular flexibility index (Phi) is 6.07. The SMILES string of the molecule is COC(=O)c1cc(F)c(Br)cc1OCCCCN. The van der Waals surface area contributed by atoms with E-state index in [1.54, 1.807) is 0 Å². The van der Waals surface area contributed by atoms with Gasteiger partial charge in [-0.25, -0.2) is 9.18 Å². The summed E-state index contributed by atoms with van der Waals surface area (Å²) >= 11 is 3.05. The predicted octanol–water partition coefficient (Wildman–Crippen LogP) is 2.49. The first-order valence-corrected chi connectivity index (χ1v) is 6.29. The van der Waals surface area contributed by atoms with Gasteiger partial charge in [0.05, 0.1) is 18.2 Å². The third-order valence-corrected chi connectivity index (χ3v) is 2.89. The van der Waals surface area contributed by atoms with Crippen LogP contribution in [0, 0.1) is 5.82 Å². The van der Waals surface area contributed by atoms with Gasteiger partial charge in [-0.1, -0.05) is 0 Å². The molecule has 0 atom stereocenters. The molecule has 0 bridgehead atoms. The van der Waals surface area contributed by atoms with Crippen molar-refractivity contribution in [3.05, 3.63) is 28.0 Å². The lowest BCUT2D eigenvalue weighted by atomic mass is 10.2. The zero-order chi connectivity index (χ0) is 13.5. The number of halogens is 2. The highest BCUT2D eigenvalue weighted by Crippen LogP contribution is 2.27. The number of carbonyl (C=O) groups is 1. The highest BCUT2D eigenvalue weighted by molar-refractivity contribution is 9.10. The Morgan fingerprint density at radius 1 is 1.44 bits per heavy atom. The standard InChI is InChI=1S/C12H15BrFNO3/c1-17-12(16)8-6-10(14)9(13)7-11(8)18-5-3-2-4-15/h6-7H,2-5,15H2,1H3. The summed E-state index contributed by atoms with van der Waals surface area (Å²) in [5.41, 5.74) is 5.44. The number of methoxy groups -OCH3 is 1. The molecular formula is C12H15BrFNO3. The molecule has 0 radical (unpaired) electrons. The van der Waals surface area contributed by atoms with Crippen molar-refractivity contribution >= 4 is 21.9 Å². The number of esters is 1. The number of carbonyl (C=O) groups excluding carboxylic acids is 1. The maximum atomic E-state index is 13.4. The zero-order valence-electron chi connectivity index (χ0n) is 10.0. The molecule has 6 heteroatoms. The number of nitrogens with two attached hydrogens (primary N) is 1. The van der Waals surface area contributed by atoms with E-state index in [1.165, 1.54) is 13.2 Å². The number of hydrogen-bond donors (Lipinski definition) is 1. The molecule has 0 fully saturated rings. The summed E-state index contributed by atoms with van der Waals surface area (Å²) in [6, 6.07) is 2.51. The van der Waals surface area contributed by atoms with Crippen LogP contribution in [0.15, 0.2) is 16.6 Å². The van der Waals surface area contributed by atoms with Gasteiger partial charge in [-0.3, -0.25) is 0 Å². The zero-order valence-corrected chi connectivity index (χ0v) is 11.6. The highest BCUT2D eigenvalue weighted by atomic mass is 79.9. The Labute approximate surface area is 113 Å². The van der Waals surface area contributed by atoms with Crippen molar-refractivity contribution in [2.24, 2.45) is 5.73 Å². The van der Waals surface area contributed by atoms with Gasteiger partial charge in [-0.05, 0) is 47.4 Å². The van der Waals surface area contributed by atoms with E-state index in [0.717, 1.165) is 18.9 Å². The van der Waals surface area contributed by atoms with E-state index in [4.69, 9.17) is 10.5 Å². The van der Waals surface area contributed by atoms with E-state index < -0.39 is 11.8 Å². The minimum Gasteiger partial charge on any atom is -0.493 e. The lowest BCUT2D eigenvalue weighted by Gasteiger charge is -2.11. The van der Waals surface area contributed by atoms with Crippen LogP contribution in [0.1, 0.15) is 23.2 Å². The number of unbranched alkanes of at least 4 members (excludes halogenated alkanes) is 1. The fourth-order valence-electron chi connectivity index (χ4n) is 1.35. The molecule has 0 aliphatic rings. The van der Waals surface area contributed by atoms with Gasteiger partial charge in [-0.2, -0.15) is 0 Å². The smallest absolute Gasteiger partial charge is 0.341 e. The second-order valence-electron chi connectivity index (χ2n) is 3.60. The molecule has 0 saturated heterocycles. The van der Waals surface area contributed by atoms with Crippen LogP contribution in [0.4, 0.5) is 4.39 Å². The van der Waals surface area contributed by atoms with Crippen LogP contribution in [-0.4, -0.2) is 26.2 Å². The maximum absolute atomic E-state index is 13.4. The van der Waals surface area contributed by atoms with E-state index in [1.807, 2.05) is 0 Å². The minimum atomic E-state index is -0.629. The molecule has 0 heterocycles. The Morgan fingerprint density at radius 2 is 2.17 bits per heavy atom. The maximum Gasteiger partial charge on any atom is 0.341 e. The normalized spacial score (nSPS) is 10.2. The van der Waals surface area contributed by atoms with Gasteiger partial charge in [0.15, 0.2) is 0 Å². The molecule has 0 aromatic heterocycles. The van der Waals surface area contributed by atoms with Crippen LogP contribution < -0.4 is 10.5 Å². The summed E-state index contributed by atoms with van der Waals surface area (Å²) < 4.78 is 23.6. The molecule has 0 saturated carbocycles.